The standard InChI is InChI=1S/C16H20ClN3O3/c1-4-23-15-13(17)8-12(9-14(15)22-3)16(21)19-11(2)10-20-7-5-6-18-20/h5-9,11H,4,10H2,1-3H3,(H,19,21)/t11-/m0/s1. The maximum absolute atomic E-state index is 12.4. The van der Waals surface area contributed by atoms with Crippen molar-refractivity contribution in [3.63, 3.8) is 0 Å². The van der Waals surface area contributed by atoms with Crippen molar-refractivity contribution in [3.05, 3.63) is 41.2 Å². The van der Waals surface area contributed by atoms with Gasteiger partial charge >= 0.3 is 0 Å². The van der Waals surface area contributed by atoms with Gasteiger partial charge in [0, 0.05) is 24.0 Å². The highest BCUT2D eigenvalue weighted by molar-refractivity contribution is 6.32. The lowest BCUT2D eigenvalue weighted by atomic mass is 10.1. The molecule has 0 aliphatic carbocycles. The predicted molar refractivity (Wildman–Crippen MR) is 88.3 cm³/mol. The minimum atomic E-state index is -0.229. The molecule has 0 spiro atoms. The van der Waals surface area contributed by atoms with Crippen LogP contribution in [0, 0.1) is 0 Å². The van der Waals surface area contributed by atoms with Gasteiger partial charge in [-0.2, -0.15) is 5.10 Å². The molecule has 1 amide bonds. The fraction of sp³-hybridized carbons (Fsp3) is 0.375. The van der Waals surface area contributed by atoms with Crippen LogP contribution < -0.4 is 14.8 Å². The third-order valence-corrected chi connectivity index (χ3v) is 3.46. The Balaban J connectivity index is 2.11. The number of nitrogens with one attached hydrogen (secondary N) is 1. The molecule has 1 atom stereocenters. The molecule has 0 unspecified atom stereocenters. The van der Waals surface area contributed by atoms with Crippen molar-refractivity contribution in [1.29, 1.82) is 0 Å². The smallest absolute Gasteiger partial charge is 0.251 e. The summed E-state index contributed by atoms with van der Waals surface area (Å²) in [6.45, 7) is 4.81. The Morgan fingerprint density at radius 2 is 2.26 bits per heavy atom. The van der Waals surface area contributed by atoms with Crippen LogP contribution in [-0.2, 0) is 6.54 Å². The van der Waals surface area contributed by atoms with Crippen molar-refractivity contribution in [2.24, 2.45) is 0 Å². The van der Waals surface area contributed by atoms with Crippen LogP contribution in [0.15, 0.2) is 30.6 Å². The van der Waals surface area contributed by atoms with E-state index in [4.69, 9.17) is 21.1 Å². The molecule has 2 aromatic rings. The number of carbonyl (C=O) groups is 1. The van der Waals surface area contributed by atoms with Crippen LogP contribution in [0.25, 0.3) is 0 Å². The van der Waals surface area contributed by atoms with Crippen LogP contribution in [0.4, 0.5) is 0 Å². The monoisotopic (exact) mass is 337 g/mol. The average molecular weight is 338 g/mol. The Hall–Kier alpha value is -2.21. The van der Waals surface area contributed by atoms with E-state index in [0.29, 0.717) is 35.2 Å². The molecule has 0 fully saturated rings. The highest BCUT2D eigenvalue weighted by Crippen LogP contribution is 2.36. The van der Waals surface area contributed by atoms with E-state index in [1.54, 1.807) is 23.0 Å². The minimum absolute atomic E-state index is 0.0845. The van der Waals surface area contributed by atoms with Gasteiger partial charge in [0.25, 0.3) is 5.91 Å². The first-order valence-corrected chi connectivity index (χ1v) is 7.71. The summed E-state index contributed by atoms with van der Waals surface area (Å²) in [7, 11) is 1.51. The zero-order valence-corrected chi connectivity index (χ0v) is 14.1. The average Bonchev–Trinajstić information content (AvgIpc) is 3.01. The second-order valence-corrected chi connectivity index (χ2v) is 5.43. The van der Waals surface area contributed by atoms with Crippen LogP contribution in [0.1, 0.15) is 24.2 Å². The van der Waals surface area contributed by atoms with E-state index in [0.717, 1.165) is 0 Å². The van der Waals surface area contributed by atoms with Crippen molar-refractivity contribution in [3.8, 4) is 11.5 Å². The first-order chi connectivity index (χ1) is 11.0. The second-order valence-electron chi connectivity index (χ2n) is 5.03. The van der Waals surface area contributed by atoms with Crippen LogP contribution in [-0.4, -0.2) is 35.4 Å². The van der Waals surface area contributed by atoms with Gasteiger partial charge in [-0.05, 0) is 32.0 Å². The van der Waals surface area contributed by atoms with E-state index in [-0.39, 0.29) is 11.9 Å². The van der Waals surface area contributed by atoms with E-state index in [2.05, 4.69) is 10.4 Å². The maximum atomic E-state index is 12.4. The van der Waals surface area contributed by atoms with Crippen molar-refractivity contribution in [2.45, 2.75) is 26.4 Å². The minimum Gasteiger partial charge on any atom is -0.493 e. The summed E-state index contributed by atoms with van der Waals surface area (Å²) in [5.74, 6) is 0.648. The topological polar surface area (TPSA) is 65.4 Å². The summed E-state index contributed by atoms with van der Waals surface area (Å²) in [5, 5.41) is 7.37. The van der Waals surface area contributed by atoms with Gasteiger partial charge in [-0.1, -0.05) is 11.6 Å². The number of methoxy groups -OCH3 is 1. The Morgan fingerprint density at radius 1 is 1.48 bits per heavy atom. The molecule has 1 aromatic carbocycles. The van der Waals surface area contributed by atoms with Crippen molar-refractivity contribution in [1.82, 2.24) is 15.1 Å². The number of nitrogens with zero attached hydrogens (tertiary/aromatic N) is 2. The molecule has 0 aliphatic heterocycles. The van der Waals surface area contributed by atoms with E-state index in [9.17, 15) is 4.79 Å². The number of hydrogen-bond donors (Lipinski definition) is 1. The van der Waals surface area contributed by atoms with E-state index >= 15 is 0 Å². The molecule has 124 valence electrons. The fourth-order valence-corrected chi connectivity index (χ4v) is 2.44. The summed E-state index contributed by atoms with van der Waals surface area (Å²) in [5.41, 5.74) is 0.419. The molecule has 7 heteroatoms. The first-order valence-electron chi connectivity index (χ1n) is 7.33. The molecular formula is C16H20ClN3O3. The van der Waals surface area contributed by atoms with Gasteiger partial charge in [-0.15, -0.1) is 0 Å². The first kappa shape index (κ1) is 17.1. The van der Waals surface area contributed by atoms with Gasteiger partial charge in [0.2, 0.25) is 0 Å². The summed E-state index contributed by atoms with van der Waals surface area (Å²) in [6.07, 6.45) is 3.55. The molecule has 0 bridgehead atoms. The van der Waals surface area contributed by atoms with Gasteiger partial charge < -0.3 is 14.8 Å². The molecule has 0 radical (unpaired) electrons. The molecule has 0 saturated heterocycles. The Bertz CT molecular complexity index is 659. The quantitative estimate of drug-likeness (QED) is 0.843. The lowest BCUT2D eigenvalue weighted by Gasteiger charge is -2.16. The Morgan fingerprint density at radius 3 is 2.87 bits per heavy atom. The summed E-state index contributed by atoms with van der Waals surface area (Å²) >= 11 is 6.19. The number of rotatable bonds is 7. The summed E-state index contributed by atoms with van der Waals surface area (Å²) < 4.78 is 12.5. The molecule has 6 nitrogen and oxygen atoms in total. The van der Waals surface area contributed by atoms with Crippen molar-refractivity contribution >= 4 is 17.5 Å². The number of hydrogen-bond acceptors (Lipinski definition) is 4. The van der Waals surface area contributed by atoms with Gasteiger partial charge in [0.15, 0.2) is 11.5 Å². The molecule has 23 heavy (non-hydrogen) atoms. The third-order valence-electron chi connectivity index (χ3n) is 3.18. The SMILES string of the molecule is CCOc1c(Cl)cc(C(=O)N[C@@H](C)Cn2cccn2)cc1OC. The zero-order valence-electron chi connectivity index (χ0n) is 13.4. The number of halogens is 1. The van der Waals surface area contributed by atoms with Crippen LogP contribution in [0.2, 0.25) is 5.02 Å². The lowest BCUT2D eigenvalue weighted by Crippen LogP contribution is -2.35. The largest absolute Gasteiger partial charge is 0.493 e. The molecular weight excluding hydrogens is 318 g/mol. The van der Waals surface area contributed by atoms with Crippen LogP contribution >= 0.6 is 11.6 Å². The maximum Gasteiger partial charge on any atom is 0.251 e. The van der Waals surface area contributed by atoms with Crippen molar-refractivity contribution in [2.75, 3.05) is 13.7 Å². The van der Waals surface area contributed by atoms with Gasteiger partial charge in [-0.3, -0.25) is 9.48 Å². The molecule has 1 heterocycles. The predicted octanol–water partition coefficient (Wildman–Crippen LogP) is 2.76. The molecule has 0 aliphatic rings. The normalized spacial score (nSPS) is 11.8. The van der Waals surface area contributed by atoms with Crippen LogP contribution in [0.3, 0.4) is 0 Å². The zero-order chi connectivity index (χ0) is 16.8. The third kappa shape index (κ3) is 4.39. The lowest BCUT2D eigenvalue weighted by molar-refractivity contribution is 0.0935. The molecule has 2 rings (SSSR count). The summed E-state index contributed by atoms with van der Waals surface area (Å²) in [6, 6.07) is 4.95. The molecule has 1 aromatic heterocycles. The number of carbonyl (C=O) groups excluding carboxylic acids is 1. The van der Waals surface area contributed by atoms with Gasteiger partial charge in [0.1, 0.15) is 0 Å². The molecule has 1 N–H and O–H groups in total. The summed E-state index contributed by atoms with van der Waals surface area (Å²) in [4.78, 5) is 12.4. The van der Waals surface area contributed by atoms with Gasteiger partial charge in [-0.25, -0.2) is 0 Å². The van der Waals surface area contributed by atoms with E-state index < -0.39 is 0 Å². The van der Waals surface area contributed by atoms with Gasteiger partial charge in [0.05, 0.1) is 25.3 Å². The molecule has 0 saturated carbocycles. The number of benzene rings is 1. The Labute approximate surface area is 140 Å². The van der Waals surface area contributed by atoms with Crippen molar-refractivity contribution < 1.29 is 14.3 Å². The van der Waals surface area contributed by atoms with Crippen LogP contribution in [0.5, 0.6) is 11.5 Å². The van der Waals surface area contributed by atoms with E-state index in [1.807, 2.05) is 26.1 Å². The number of aromatic nitrogens is 2. The number of ether oxygens (including phenoxy) is 2. The Kier molecular flexibility index (Phi) is 5.87. The number of amides is 1. The highest BCUT2D eigenvalue weighted by atomic mass is 35.5. The highest BCUT2D eigenvalue weighted by Gasteiger charge is 2.17. The second kappa shape index (κ2) is 7.87. The van der Waals surface area contributed by atoms with E-state index in [1.165, 1.54) is 7.11 Å². The fourth-order valence-electron chi connectivity index (χ4n) is 2.18.